The van der Waals surface area contributed by atoms with Gasteiger partial charge in [-0.1, -0.05) is 0 Å². The number of nitrogens with two attached hydrogens (primary N) is 2. The summed E-state index contributed by atoms with van der Waals surface area (Å²) in [7, 11) is -9.06. The minimum atomic E-state index is -4.63. The number of nitrogens with one attached hydrogen (secondary N) is 1. The van der Waals surface area contributed by atoms with Gasteiger partial charge in [0.2, 0.25) is 0 Å². The van der Waals surface area contributed by atoms with Crippen molar-refractivity contribution in [2.24, 2.45) is 21.5 Å². The Kier molecular flexibility index (Phi) is 13.3. The molecule has 0 saturated heterocycles. The first-order chi connectivity index (χ1) is 24.4. The molecule has 0 fully saturated rings. The molecule has 0 bridgehead atoms. The van der Waals surface area contributed by atoms with Crippen LogP contribution >= 0.6 is 18.9 Å². The maximum Gasteiger partial charge on any atom is 0.445 e. The first-order valence-corrected chi connectivity index (χ1v) is 19.1. The topological polar surface area (TPSA) is 225 Å². The third kappa shape index (κ3) is 10.1. The molecule has 4 rings (SSSR count). The molecule has 19 heteroatoms. The number of ether oxygens (including phenoxy) is 2. The molecule has 51 heavy (non-hydrogen) atoms. The van der Waals surface area contributed by atoms with Crippen LogP contribution in [-0.4, -0.2) is 53.7 Å². The predicted octanol–water partition coefficient (Wildman–Crippen LogP) is 5.33. The van der Waals surface area contributed by atoms with Crippen molar-refractivity contribution in [3.63, 3.8) is 0 Å². The molecule has 14 nitrogen and oxygen atoms in total. The van der Waals surface area contributed by atoms with E-state index >= 15 is 0 Å². The monoisotopic (exact) mass is 759 g/mol. The van der Waals surface area contributed by atoms with Gasteiger partial charge < -0.3 is 30.0 Å². The maximum atomic E-state index is 14.4. The average molecular weight is 760 g/mol. The van der Waals surface area contributed by atoms with Gasteiger partial charge in [0.05, 0.1) is 37.0 Å². The second-order valence-electron chi connectivity index (χ2n) is 10.4. The van der Waals surface area contributed by atoms with E-state index in [0.717, 1.165) is 47.7 Å². The zero-order valence-electron chi connectivity index (χ0n) is 27.0. The molecule has 5 N–H and O–H groups in total. The van der Waals surface area contributed by atoms with Gasteiger partial charge in [-0.15, -0.1) is 11.3 Å². The fourth-order valence-corrected chi connectivity index (χ4v) is 9.26. The number of aliphatic imine (C=N–C) groups is 2. The zero-order valence-corrected chi connectivity index (χ0v) is 29.6. The van der Waals surface area contributed by atoms with Gasteiger partial charge in [-0.2, -0.15) is 15.2 Å². The van der Waals surface area contributed by atoms with Crippen molar-refractivity contribution < 1.29 is 40.3 Å². The molecule has 0 aliphatic rings. The van der Waals surface area contributed by atoms with E-state index in [1.807, 2.05) is 0 Å². The maximum absolute atomic E-state index is 14.4. The Morgan fingerprint density at radius 1 is 0.882 bits per heavy atom. The summed E-state index contributed by atoms with van der Waals surface area (Å²) in [4.78, 5) is 7.90. The average Bonchev–Trinajstić information content (AvgIpc) is 3.43. The Labute approximate surface area is 296 Å². The molecule has 0 aliphatic carbocycles. The number of hydrogen-bond acceptors (Lipinski definition) is 12. The lowest BCUT2D eigenvalue weighted by Crippen LogP contribution is -2.27. The Balaban J connectivity index is 1.64. The van der Waals surface area contributed by atoms with Gasteiger partial charge in [0.25, 0.3) is 10.0 Å². The lowest BCUT2D eigenvalue weighted by atomic mass is 10.2. The number of hydrogen-bond donors (Lipinski definition) is 3. The number of aryl methyl sites for hydroxylation is 1. The van der Waals surface area contributed by atoms with Gasteiger partial charge in [0, 0.05) is 54.2 Å². The summed E-state index contributed by atoms with van der Waals surface area (Å²) in [6, 6.07) is 12.6. The van der Waals surface area contributed by atoms with E-state index in [1.54, 1.807) is 31.2 Å². The molecule has 0 amide bonds. The summed E-state index contributed by atoms with van der Waals surface area (Å²) in [5, 5.41) is 18.6. The highest BCUT2D eigenvalue weighted by atomic mass is 32.2. The molecule has 0 aliphatic heterocycles. The molecule has 0 spiro atoms. The molecule has 0 saturated carbocycles. The number of nitriles is 2. The van der Waals surface area contributed by atoms with Crippen molar-refractivity contribution in [2.45, 2.75) is 24.0 Å². The second-order valence-corrected chi connectivity index (χ2v) is 15.3. The van der Waals surface area contributed by atoms with E-state index < -0.39 is 35.5 Å². The Hall–Kier alpha value is -5.26. The smallest absolute Gasteiger partial charge is 0.445 e. The minimum Gasteiger partial charge on any atom is -0.490 e. The third-order valence-corrected chi connectivity index (χ3v) is 11.9. The summed E-state index contributed by atoms with van der Waals surface area (Å²) in [5.41, 5.74) is 10.3. The van der Waals surface area contributed by atoms with E-state index in [1.165, 1.54) is 12.7 Å². The van der Waals surface area contributed by atoms with Crippen LogP contribution in [0.5, 0.6) is 23.0 Å². The van der Waals surface area contributed by atoms with Gasteiger partial charge in [-0.3, -0.25) is 9.98 Å². The molecular weight excluding hydrogens is 727 g/mol. The van der Waals surface area contributed by atoms with Crippen LogP contribution in [0, 0.1) is 41.2 Å². The summed E-state index contributed by atoms with van der Waals surface area (Å²) < 4.78 is 95.7. The molecule has 0 unspecified atom stereocenters. The van der Waals surface area contributed by atoms with Crippen LogP contribution in [0.2, 0.25) is 0 Å². The Morgan fingerprint density at radius 3 is 1.86 bits per heavy atom. The molecule has 3 aromatic carbocycles. The van der Waals surface area contributed by atoms with Crippen LogP contribution in [0.4, 0.5) is 8.78 Å². The number of benzene rings is 3. The fraction of sp³-hybridized carbons (Fsp3) is 0.250. The van der Waals surface area contributed by atoms with Crippen LogP contribution in [0.3, 0.4) is 0 Å². The minimum absolute atomic E-state index is 0.129. The van der Waals surface area contributed by atoms with Crippen molar-refractivity contribution >= 4 is 51.7 Å². The standard InChI is InChI=1S/C32H32F2N7O7PS2/c1-21-26-14-29(45-10-2-8-39-18-37)30(46-11-3-9-40-19-38)15-31(26)50-32(21)51(43,44)41-20-49(42,47-24-6-4-22(16-35)27(33)12-24)48-25-7-5-23(17-36)28(34)13-25/h4-7,12-15,18-19,41H,2-3,8-11,20H2,1H3,(H2,37,39)(H2,38,40). The quantitative estimate of drug-likeness (QED) is 0.0509. The van der Waals surface area contributed by atoms with E-state index in [9.17, 15) is 21.8 Å². The zero-order chi connectivity index (χ0) is 37.0. The fourth-order valence-electron chi connectivity index (χ4n) is 4.43. The summed E-state index contributed by atoms with van der Waals surface area (Å²) in [6.07, 6.45) is 2.53. The van der Waals surface area contributed by atoms with E-state index in [4.69, 9.17) is 40.5 Å². The van der Waals surface area contributed by atoms with Crippen LogP contribution in [-0.2, 0) is 14.6 Å². The van der Waals surface area contributed by atoms with Crippen LogP contribution in [0.1, 0.15) is 29.5 Å². The van der Waals surface area contributed by atoms with Crippen molar-refractivity contribution in [2.75, 3.05) is 32.6 Å². The van der Waals surface area contributed by atoms with E-state index in [-0.39, 0.29) is 40.0 Å². The normalized spacial score (nSPS) is 11.9. The number of thiophene rings is 1. The van der Waals surface area contributed by atoms with Crippen molar-refractivity contribution in [3.8, 4) is 35.1 Å². The predicted molar refractivity (Wildman–Crippen MR) is 188 cm³/mol. The van der Waals surface area contributed by atoms with E-state index in [2.05, 4.69) is 14.7 Å². The third-order valence-electron chi connectivity index (χ3n) is 6.85. The number of fused-ring (bicyclic) bond motifs is 1. The Morgan fingerprint density at radius 2 is 1.39 bits per heavy atom. The van der Waals surface area contributed by atoms with Crippen LogP contribution < -0.4 is 34.7 Å². The van der Waals surface area contributed by atoms with Crippen molar-refractivity contribution in [1.82, 2.24) is 4.72 Å². The lowest BCUT2D eigenvalue weighted by molar-refractivity contribution is 0.266. The first kappa shape index (κ1) is 38.5. The molecule has 1 aromatic heterocycles. The first-order valence-electron chi connectivity index (χ1n) is 15.0. The van der Waals surface area contributed by atoms with Crippen molar-refractivity contribution in [3.05, 3.63) is 76.9 Å². The molecule has 0 radical (unpaired) electrons. The summed E-state index contributed by atoms with van der Waals surface area (Å²) in [6.45, 7) is 3.01. The highest BCUT2D eigenvalue weighted by Gasteiger charge is 2.33. The summed E-state index contributed by atoms with van der Waals surface area (Å²) in [5.74, 6) is -1.96. The molecule has 4 aromatic rings. The number of halogens is 2. The highest BCUT2D eigenvalue weighted by Crippen LogP contribution is 2.49. The number of nitrogens with zero attached hydrogens (tertiary/aromatic N) is 4. The highest BCUT2D eigenvalue weighted by molar-refractivity contribution is 7.92. The van der Waals surface area contributed by atoms with Crippen molar-refractivity contribution in [1.29, 1.82) is 10.5 Å². The second kappa shape index (κ2) is 17.6. The van der Waals surface area contributed by atoms with Crippen LogP contribution in [0.25, 0.3) is 10.1 Å². The van der Waals surface area contributed by atoms with Gasteiger partial charge in [0.1, 0.15) is 45.8 Å². The SMILES string of the molecule is Cc1c(S(=O)(=O)NCP(=O)(Oc2ccc(C#N)c(F)c2)Oc2ccc(C#N)c(F)c2)sc2cc(OCCCN=CN)c(OCCCN=CN)cc12. The lowest BCUT2D eigenvalue weighted by Gasteiger charge is -2.20. The molecule has 0 atom stereocenters. The molecule has 1 heterocycles. The molecule has 268 valence electrons. The number of sulfonamides is 1. The van der Waals surface area contributed by atoms with Gasteiger partial charge in [-0.25, -0.2) is 21.8 Å². The molecular formula is C32H32F2N7O7PS2. The number of rotatable bonds is 18. The van der Waals surface area contributed by atoms with E-state index in [0.29, 0.717) is 53.1 Å². The van der Waals surface area contributed by atoms with Gasteiger partial charge >= 0.3 is 7.60 Å². The van der Waals surface area contributed by atoms with Crippen LogP contribution in [0.15, 0.2) is 62.7 Å². The largest absolute Gasteiger partial charge is 0.490 e. The Bertz CT molecular complexity index is 2120. The summed E-state index contributed by atoms with van der Waals surface area (Å²) >= 11 is 0.916. The van der Waals surface area contributed by atoms with Gasteiger partial charge in [0.15, 0.2) is 11.5 Å². The van der Waals surface area contributed by atoms with Gasteiger partial charge in [-0.05, 0) is 42.8 Å².